The summed E-state index contributed by atoms with van der Waals surface area (Å²) in [5.41, 5.74) is -0.423. The van der Waals surface area contributed by atoms with Crippen molar-refractivity contribution in [1.82, 2.24) is 15.0 Å². The van der Waals surface area contributed by atoms with Crippen LogP contribution in [0.4, 0.5) is 18.9 Å². The van der Waals surface area contributed by atoms with Gasteiger partial charge in [0, 0.05) is 11.8 Å². The van der Waals surface area contributed by atoms with Gasteiger partial charge in [0.2, 0.25) is 5.28 Å². The molecule has 0 atom stereocenters. The molecule has 0 aliphatic rings. The van der Waals surface area contributed by atoms with Crippen molar-refractivity contribution in [2.75, 3.05) is 11.3 Å². The van der Waals surface area contributed by atoms with Gasteiger partial charge in [-0.15, -0.1) is 11.3 Å². The Bertz CT molecular complexity index is 1580. The molecular formula is C23H16ClF3N4O4S2. The van der Waals surface area contributed by atoms with Crippen molar-refractivity contribution in [2.45, 2.75) is 18.2 Å². The standard InChI is InChI=1S/C23H16ClF3N4O4S2/c1-2-35-18(32)11-17-30-20(21(36-17)16-9-10-28-23(24)29-16)12-5-3-8-15(19(12)27)31-37(33,34)22-13(25)6-4-7-14(22)26/h3-10,31H,2,11H2,1H3. The van der Waals surface area contributed by atoms with Crippen LogP contribution >= 0.6 is 22.9 Å². The van der Waals surface area contributed by atoms with Crippen LogP contribution in [0.2, 0.25) is 5.28 Å². The van der Waals surface area contributed by atoms with Gasteiger partial charge >= 0.3 is 5.97 Å². The summed E-state index contributed by atoms with van der Waals surface area (Å²) in [5.74, 6) is -4.30. The number of esters is 1. The van der Waals surface area contributed by atoms with E-state index in [2.05, 4.69) is 15.0 Å². The average molecular weight is 569 g/mol. The maximum atomic E-state index is 15.7. The van der Waals surface area contributed by atoms with Gasteiger partial charge < -0.3 is 4.74 Å². The molecule has 0 radical (unpaired) electrons. The number of ether oxygens (including phenoxy) is 1. The zero-order chi connectivity index (χ0) is 26.7. The van der Waals surface area contributed by atoms with E-state index in [1.807, 2.05) is 4.72 Å². The second-order valence-corrected chi connectivity index (χ2v) is 10.3. The molecule has 0 bridgehead atoms. The van der Waals surface area contributed by atoms with Crippen LogP contribution in [0.25, 0.3) is 21.8 Å². The quantitative estimate of drug-likeness (QED) is 0.228. The fraction of sp³-hybridized carbons (Fsp3) is 0.130. The summed E-state index contributed by atoms with van der Waals surface area (Å²) in [4.78, 5) is 23.4. The van der Waals surface area contributed by atoms with Crippen molar-refractivity contribution in [1.29, 1.82) is 0 Å². The molecular weight excluding hydrogens is 553 g/mol. The summed E-state index contributed by atoms with van der Waals surface area (Å²) in [6.07, 6.45) is 1.17. The van der Waals surface area contributed by atoms with Gasteiger partial charge in [-0.1, -0.05) is 12.1 Å². The summed E-state index contributed by atoms with van der Waals surface area (Å²) in [7, 11) is -4.84. The van der Waals surface area contributed by atoms with Crippen molar-refractivity contribution < 1.29 is 31.1 Å². The summed E-state index contributed by atoms with van der Waals surface area (Å²) < 4.78 is 76.1. The predicted molar refractivity (Wildman–Crippen MR) is 131 cm³/mol. The smallest absolute Gasteiger partial charge is 0.312 e. The van der Waals surface area contributed by atoms with Gasteiger partial charge in [-0.05, 0) is 48.9 Å². The number of halogens is 4. The Morgan fingerprint density at radius 1 is 1.08 bits per heavy atom. The number of sulfonamides is 1. The van der Waals surface area contributed by atoms with Gasteiger partial charge in [-0.2, -0.15) is 0 Å². The first-order valence-electron chi connectivity index (χ1n) is 10.5. The Hall–Kier alpha value is -3.55. The van der Waals surface area contributed by atoms with Gasteiger partial charge in [0.15, 0.2) is 10.7 Å². The molecule has 0 amide bonds. The predicted octanol–water partition coefficient (Wildman–Crippen LogP) is 5.24. The van der Waals surface area contributed by atoms with Gasteiger partial charge in [0.25, 0.3) is 10.0 Å². The van der Waals surface area contributed by atoms with Crippen LogP contribution in [0, 0.1) is 17.5 Å². The third-order valence-corrected chi connectivity index (χ3v) is 7.49. The molecule has 2 heterocycles. The first-order chi connectivity index (χ1) is 17.6. The molecule has 37 heavy (non-hydrogen) atoms. The minimum atomic E-state index is -4.84. The monoisotopic (exact) mass is 568 g/mol. The Morgan fingerprint density at radius 3 is 2.46 bits per heavy atom. The number of carbonyl (C=O) groups excluding carboxylic acids is 1. The zero-order valence-corrected chi connectivity index (χ0v) is 21.2. The van der Waals surface area contributed by atoms with Crippen LogP contribution < -0.4 is 4.72 Å². The van der Waals surface area contributed by atoms with Crippen LogP contribution in [0.3, 0.4) is 0 Å². The lowest BCUT2D eigenvalue weighted by Gasteiger charge is -2.12. The van der Waals surface area contributed by atoms with E-state index in [1.54, 1.807) is 6.92 Å². The molecule has 192 valence electrons. The van der Waals surface area contributed by atoms with Crippen LogP contribution in [-0.2, 0) is 26.0 Å². The van der Waals surface area contributed by atoms with E-state index in [0.717, 1.165) is 35.6 Å². The van der Waals surface area contributed by atoms with Crippen LogP contribution in [0.1, 0.15) is 11.9 Å². The van der Waals surface area contributed by atoms with E-state index in [1.165, 1.54) is 24.4 Å². The topological polar surface area (TPSA) is 111 Å². The van der Waals surface area contributed by atoms with Gasteiger partial charge in [0.05, 0.1) is 35.0 Å². The van der Waals surface area contributed by atoms with E-state index in [9.17, 15) is 22.0 Å². The first kappa shape index (κ1) is 26.5. The number of nitrogens with one attached hydrogen (secondary N) is 1. The zero-order valence-electron chi connectivity index (χ0n) is 18.8. The number of carbonyl (C=O) groups is 1. The van der Waals surface area contributed by atoms with Crippen molar-refractivity contribution in [3.05, 3.63) is 76.4 Å². The highest BCUT2D eigenvalue weighted by molar-refractivity contribution is 7.92. The highest BCUT2D eigenvalue weighted by Gasteiger charge is 2.27. The first-order valence-corrected chi connectivity index (χ1v) is 13.2. The fourth-order valence-electron chi connectivity index (χ4n) is 3.32. The number of thiazole rings is 1. The van der Waals surface area contributed by atoms with Crippen LogP contribution in [0.5, 0.6) is 0 Å². The SMILES string of the molecule is CCOC(=O)Cc1nc(-c2cccc(NS(=O)(=O)c3c(F)cccc3F)c2F)c(-c2ccnc(Cl)n2)s1. The number of nitrogens with zero attached hydrogens (tertiary/aromatic N) is 3. The molecule has 0 aliphatic carbocycles. The molecule has 0 aliphatic heterocycles. The Kier molecular flexibility index (Phi) is 7.76. The van der Waals surface area contributed by atoms with Crippen molar-refractivity contribution >= 4 is 44.6 Å². The van der Waals surface area contributed by atoms with E-state index in [4.69, 9.17) is 16.3 Å². The number of hydrogen-bond donors (Lipinski definition) is 1. The second-order valence-electron chi connectivity index (χ2n) is 7.30. The summed E-state index contributed by atoms with van der Waals surface area (Å²) in [5, 5.41) is 0.190. The third-order valence-electron chi connectivity index (χ3n) is 4.82. The second kappa shape index (κ2) is 10.8. The molecule has 0 fully saturated rings. The third kappa shape index (κ3) is 5.73. The molecule has 2 aromatic carbocycles. The number of benzene rings is 2. The maximum absolute atomic E-state index is 15.7. The minimum Gasteiger partial charge on any atom is -0.466 e. The fourth-order valence-corrected chi connectivity index (χ4v) is 5.70. The lowest BCUT2D eigenvalue weighted by atomic mass is 10.1. The number of aromatic nitrogens is 3. The average Bonchev–Trinajstić information content (AvgIpc) is 3.23. The molecule has 0 saturated carbocycles. The number of hydrogen-bond acceptors (Lipinski definition) is 8. The van der Waals surface area contributed by atoms with E-state index < -0.39 is 44.0 Å². The number of rotatable bonds is 8. The van der Waals surface area contributed by atoms with Crippen LogP contribution in [0.15, 0.2) is 53.6 Å². The molecule has 4 aromatic rings. The molecule has 4 rings (SSSR count). The van der Waals surface area contributed by atoms with Crippen molar-refractivity contribution in [3.63, 3.8) is 0 Å². The van der Waals surface area contributed by atoms with Gasteiger partial charge in [-0.3, -0.25) is 9.52 Å². The van der Waals surface area contributed by atoms with Gasteiger partial charge in [-0.25, -0.2) is 36.5 Å². The molecule has 0 unspecified atom stereocenters. The largest absolute Gasteiger partial charge is 0.466 e. The van der Waals surface area contributed by atoms with E-state index in [0.29, 0.717) is 4.88 Å². The number of anilines is 1. The highest BCUT2D eigenvalue weighted by atomic mass is 35.5. The summed E-state index contributed by atoms with van der Waals surface area (Å²) in [6.45, 7) is 1.81. The molecule has 14 heteroatoms. The van der Waals surface area contributed by atoms with Gasteiger partial charge in [0.1, 0.15) is 16.6 Å². The molecule has 8 nitrogen and oxygen atoms in total. The summed E-state index contributed by atoms with van der Waals surface area (Å²) >= 11 is 6.95. The van der Waals surface area contributed by atoms with E-state index in [-0.39, 0.29) is 40.3 Å². The lowest BCUT2D eigenvalue weighted by molar-refractivity contribution is -0.142. The molecule has 0 spiro atoms. The molecule has 1 N–H and O–H groups in total. The van der Waals surface area contributed by atoms with Crippen molar-refractivity contribution in [2.24, 2.45) is 0 Å². The Labute approximate surface area is 218 Å². The van der Waals surface area contributed by atoms with E-state index >= 15 is 4.39 Å². The minimum absolute atomic E-state index is 0.0367. The summed E-state index contributed by atoms with van der Waals surface area (Å²) in [6, 6.07) is 7.78. The lowest BCUT2D eigenvalue weighted by Crippen LogP contribution is -2.17. The van der Waals surface area contributed by atoms with Crippen molar-refractivity contribution in [3.8, 4) is 21.8 Å². The Morgan fingerprint density at radius 2 is 1.78 bits per heavy atom. The Balaban J connectivity index is 1.81. The molecule has 0 saturated heterocycles. The highest BCUT2D eigenvalue weighted by Crippen LogP contribution is 2.39. The van der Waals surface area contributed by atoms with Crippen LogP contribution in [-0.4, -0.2) is 35.9 Å². The molecule has 2 aromatic heterocycles. The normalized spacial score (nSPS) is 11.4. The maximum Gasteiger partial charge on any atom is 0.312 e.